The van der Waals surface area contributed by atoms with Crippen molar-refractivity contribution >= 4 is 17.5 Å². The van der Waals surface area contributed by atoms with E-state index in [1.807, 2.05) is 12.1 Å². The molecule has 0 saturated heterocycles. The summed E-state index contributed by atoms with van der Waals surface area (Å²) >= 11 is 0. The number of primary amides is 1. The van der Waals surface area contributed by atoms with E-state index >= 15 is 0 Å². The third kappa shape index (κ3) is 4.55. The summed E-state index contributed by atoms with van der Waals surface area (Å²) in [4.78, 5) is 22.2. The molecule has 5 heteroatoms. The third-order valence-electron chi connectivity index (χ3n) is 2.42. The van der Waals surface area contributed by atoms with Crippen molar-refractivity contribution in [3.63, 3.8) is 0 Å². The number of nitrogens with two attached hydrogens (primary N) is 2. The second-order valence-corrected chi connectivity index (χ2v) is 3.93. The van der Waals surface area contributed by atoms with Gasteiger partial charge in [0.15, 0.2) is 0 Å². The summed E-state index contributed by atoms with van der Waals surface area (Å²) in [7, 11) is 0. The van der Waals surface area contributed by atoms with Crippen LogP contribution in [0.5, 0.6) is 0 Å². The van der Waals surface area contributed by atoms with Crippen LogP contribution in [0.3, 0.4) is 0 Å². The second-order valence-electron chi connectivity index (χ2n) is 3.93. The minimum atomic E-state index is -0.631. The van der Waals surface area contributed by atoms with Gasteiger partial charge in [0.2, 0.25) is 11.8 Å². The zero-order chi connectivity index (χ0) is 12.8. The average Bonchev–Trinajstić information content (AvgIpc) is 2.28. The van der Waals surface area contributed by atoms with Gasteiger partial charge in [-0.1, -0.05) is 12.1 Å². The van der Waals surface area contributed by atoms with Crippen LogP contribution in [0.4, 0.5) is 5.69 Å². The quantitative estimate of drug-likeness (QED) is 0.635. The summed E-state index contributed by atoms with van der Waals surface area (Å²) in [5.74, 6) is -0.723. The number of nitrogens with one attached hydrogen (secondary N) is 1. The van der Waals surface area contributed by atoms with Gasteiger partial charge in [-0.3, -0.25) is 9.59 Å². The van der Waals surface area contributed by atoms with E-state index in [2.05, 4.69) is 5.32 Å². The molecular weight excluding hydrogens is 218 g/mol. The van der Waals surface area contributed by atoms with Gasteiger partial charge >= 0.3 is 0 Å². The first-order chi connectivity index (χ1) is 7.99. The van der Waals surface area contributed by atoms with Gasteiger partial charge in [0.05, 0.1) is 0 Å². The molecule has 0 saturated carbocycles. The summed E-state index contributed by atoms with van der Waals surface area (Å²) < 4.78 is 0. The van der Waals surface area contributed by atoms with Gasteiger partial charge in [-0.25, -0.2) is 0 Å². The van der Waals surface area contributed by atoms with Crippen LogP contribution in [0.15, 0.2) is 24.3 Å². The smallest absolute Gasteiger partial charge is 0.239 e. The number of anilines is 1. The molecule has 92 valence electrons. The lowest BCUT2D eigenvalue weighted by atomic mass is 10.1. The second kappa shape index (κ2) is 5.89. The lowest BCUT2D eigenvalue weighted by Gasteiger charge is -2.09. The molecule has 0 fully saturated rings. The molecule has 1 aromatic rings. The molecular formula is C12H17N3O2. The number of hydrogen-bond acceptors (Lipinski definition) is 3. The monoisotopic (exact) mass is 235 g/mol. The van der Waals surface area contributed by atoms with Crippen molar-refractivity contribution in [2.24, 2.45) is 5.73 Å². The lowest BCUT2D eigenvalue weighted by molar-refractivity contribution is -0.126. The number of benzene rings is 1. The first-order valence-corrected chi connectivity index (χ1v) is 5.42. The summed E-state index contributed by atoms with van der Waals surface area (Å²) in [5.41, 5.74) is 12.3. The third-order valence-corrected chi connectivity index (χ3v) is 2.42. The minimum absolute atomic E-state index is 0.187. The molecule has 0 aliphatic heterocycles. The van der Waals surface area contributed by atoms with Gasteiger partial charge in [0.1, 0.15) is 6.04 Å². The molecule has 1 unspecified atom stereocenters. The Morgan fingerprint density at radius 1 is 1.29 bits per heavy atom. The molecule has 0 bridgehead atoms. The molecule has 0 heterocycles. The number of rotatable bonds is 5. The van der Waals surface area contributed by atoms with Crippen molar-refractivity contribution in [3.8, 4) is 0 Å². The van der Waals surface area contributed by atoms with Gasteiger partial charge in [-0.15, -0.1) is 0 Å². The highest BCUT2D eigenvalue weighted by molar-refractivity contribution is 5.86. The molecule has 5 N–H and O–H groups in total. The van der Waals surface area contributed by atoms with E-state index in [1.165, 1.54) is 0 Å². The van der Waals surface area contributed by atoms with E-state index in [0.29, 0.717) is 18.5 Å². The number of hydrogen-bond donors (Lipinski definition) is 3. The fourth-order valence-corrected chi connectivity index (χ4v) is 1.33. The van der Waals surface area contributed by atoms with Gasteiger partial charge in [0, 0.05) is 12.1 Å². The number of amides is 2. The van der Waals surface area contributed by atoms with Gasteiger partial charge < -0.3 is 16.8 Å². The SMILES string of the molecule is CC(NC(=O)CCc1ccc(N)cc1)C(N)=O. The van der Waals surface area contributed by atoms with Gasteiger partial charge in [0.25, 0.3) is 0 Å². The Kier molecular flexibility index (Phi) is 4.51. The van der Waals surface area contributed by atoms with Crippen LogP contribution in [0.1, 0.15) is 18.9 Å². The lowest BCUT2D eigenvalue weighted by Crippen LogP contribution is -2.42. The number of aryl methyl sites for hydroxylation is 1. The molecule has 17 heavy (non-hydrogen) atoms. The highest BCUT2D eigenvalue weighted by atomic mass is 16.2. The summed E-state index contributed by atoms with van der Waals surface area (Å²) in [6, 6.07) is 6.70. The van der Waals surface area contributed by atoms with E-state index < -0.39 is 11.9 Å². The Morgan fingerprint density at radius 3 is 2.41 bits per heavy atom. The van der Waals surface area contributed by atoms with Crippen molar-refractivity contribution in [3.05, 3.63) is 29.8 Å². The summed E-state index contributed by atoms with van der Waals surface area (Å²) in [6.45, 7) is 1.56. The fourth-order valence-electron chi connectivity index (χ4n) is 1.33. The largest absolute Gasteiger partial charge is 0.399 e. The number of carbonyl (C=O) groups excluding carboxylic acids is 2. The van der Waals surface area contributed by atoms with Crippen LogP contribution in [-0.4, -0.2) is 17.9 Å². The fraction of sp³-hybridized carbons (Fsp3) is 0.333. The zero-order valence-corrected chi connectivity index (χ0v) is 9.77. The Morgan fingerprint density at radius 2 is 1.88 bits per heavy atom. The van der Waals surface area contributed by atoms with Crippen LogP contribution >= 0.6 is 0 Å². The van der Waals surface area contributed by atoms with E-state index in [0.717, 1.165) is 5.56 Å². The van der Waals surface area contributed by atoms with Crippen molar-refractivity contribution in [1.29, 1.82) is 0 Å². The first kappa shape index (κ1) is 13.0. The van der Waals surface area contributed by atoms with Crippen molar-refractivity contribution in [2.45, 2.75) is 25.8 Å². The molecule has 1 atom stereocenters. The maximum Gasteiger partial charge on any atom is 0.239 e. The number of carbonyl (C=O) groups is 2. The van der Waals surface area contributed by atoms with E-state index in [-0.39, 0.29) is 5.91 Å². The first-order valence-electron chi connectivity index (χ1n) is 5.42. The Bertz CT molecular complexity index is 401. The summed E-state index contributed by atoms with van der Waals surface area (Å²) in [6.07, 6.45) is 0.930. The van der Waals surface area contributed by atoms with E-state index in [4.69, 9.17) is 11.5 Å². The van der Waals surface area contributed by atoms with Crippen LogP contribution in [0.25, 0.3) is 0 Å². The Hall–Kier alpha value is -2.04. The molecule has 1 aromatic carbocycles. The van der Waals surface area contributed by atoms with Crippen LogP contribution < -0.4 is 16.8 Å². The zero-order valence-electron chi connectivity index (χ0n) is 9.77. The maximum absolute atomic E-state index is 11.5. The Balaban J connectivity index is 2.38. The van der Waals surface area contributed by atoms with Crippen molar-refractivity contribution in [2.75, 3.05) is 5.73 Å². The molecule has 0 aliphatic carbocycles. The standard InChI is InChI=1S/C12H17N3O2/c1-8(12(14)17)15-11(16)7-4-9-2-5-10(13)6-3-9/h2-3,5-6,8H,4,7,13H2,1H3,(H2,14,17)(H,15,16). The van der Waals surface area contributed by atoms with Gasteiger partial charge in [-0.2, -0.15) is 0 Å². The highest BCUT2D eigenvalue weighted by Crippen LogP contribution is 2.07. The van der Waals surface area contributed by atoms with Gasteiger partial charge in [-0.05, 0) is 31.0 Å². The van der Waals surface area contributed by atoms with E-state index in [9.17, 15) is 9.59 Å². The number of nitrogen functional groups attached to an aromatic ring is 1. The summed E-state index contributed by atoms with van der Waals surface area (Å²) in [5, 5.41) is 2.52. The van der Waals surface area contributed by atoms with Crippen molar-refractivity contribution in [1.82, 2.24) is 5.32 Å². The molecule has 5 nitrogen and oxygen atoms in total. The van der Waals surface area contributed by atoms with Crippen LogP contribution in [0.2, 0.25) is 0 Å². The molecule has 2 amide bonds. The normalized spacial score (nSPS) is 11.8. The molecule has 0 aliphatic rings. The van der Waals surface area contributed by atoms with Crippen molar-refractivity contribution < 1.29 is 9.59 Å². The molecule has 0 radical (unpaired) electrons. The van der Waals surface area contributed by atoms with E-state index in [1.54, 1.807) is 19.1 Å². The Labute approximate surface area is 100 Å². The molecule has 0 aromatic heterocycles. The molecule has 0 spiro atoms. The van der Waals surface area contributed by atoms with Crippen LogP contribution in [0, 0.1) is 0 Å². The topological polar surface area (TPSA) is 98.2 Å². The average molecular weight is 235 g/mol. The predicted octanol–water partition coefficient (Wildman–Crippen LogP) is 0.191. The van der Waals surface area contributed by atoms with Crippen LogP contribution in [-0.2, 0) is 16.0 Å². The maximum atomic E-state index is 11.5. The highest BCUT2D eigenvalue weighted by Gasteiger charge is 2.11. The minimum Gasteiger partial charge on any atom is -0.399 e. The molecule has 1 rings (SSSR count). The predicted molar refractivity (Wildman–Crippen MR) is 66.0 cm³/mol.